The largest absolute Gasteiger partial charge is 0.482 e. The lowest BCUT2D eigenvalue weighted by Gasteiger charge is -2.64. The van der Waals surface area contributed by atoms with Crippen LogP contribution in [-0.4, -0.2) is 18.2 Å². The van der Waals surface area contributed by atoms with Crippen molar-refractivity contribution in [3.05, 3.63) is 29.8 Å². The minimum atomic E-state index is -0.262. The summed E-state index contributed by atoms with van der Waals surface area (Å²) in [7, 11) is 0. The highest BCUT2D eigenvalue weighted by atomic mass is 16.6. The Morgan fingerprint density at radius 1 is 1.06 bits per heavy atom. The van der Waals surface area contributed by atoms with E-state index in [9.17, 15) is 4.79 Å². The van der Waals surface area contributed by atoms with Gasteiger partial charge in [-0.2, -0.15) is 0 Å². The molecule has 3 heteroatoms. The molecule has 4 aliphatic carbocycles. The van der Waals surface area contributed by atoms with Crippen molar-refractivity contribution in [3.8, 4) is 5.75 Å². The van der Waals surface area contributed by atoms with E-state index in [1.54, 1.807) is 0 Å². The number of ether oxygens (including phenoxy) is 2. The van der Waals surface area contributed by atoms with Crippen LogP contribution in [0.25, 0.3) is 0 Å². The Bertz CT molecular complexity index is 749. The topological polar surface area (TPSA) is 35.5 Å². The first-order chi connectivity index (χ1) is 14.7. The first-order valence-electron chi connectivity index (χ1n) is 12.7. The third kappa shape index (κ3) is 4.66. The SMILES string of the molecule is CCC(C)c1ccc(OCC(=O)OC2(CCC(C)C)C3CC4CC2CC(C)(C4)C3)cc1. The number of esters is 1. The molecule has 0 aliphatic heterocycles. The van der Waals surface area contributed by atoms with Gasteiger partial charge in [0.05, 0.1) is 0 Å². The van der Waals surface area contributed by atoms with E-state index in [-0.39, 0.29) is 18.2 Å². The zero-order valence-electron chi connectivity index (χ0n) is 20.3. The van der Waals surface area contributed by atoms with Crippen LogP contribution < -0.4 is 4.74 Å². The lowest BCUT2D eigenvalue weighted by atomic mass is 9.44. The van der Waals surface area contributed by atoms with Crippen LogP contribution in [0.5, 0.6) is 5.75 Å². The van der Waals surface area contributed by atoms with E-state index < -0.39 is 0 Å². The Morgan fingerprint density at radius 3 is 2.26 bits per heavy atom. The van der Waals surface area contributed by atoms with Gasteiger partial charge < -0.3 is 9.47 Å². The van der Waals surface area contributed by atoms with Crippen LogP contribution in [0.4, 0.5) is 0 Å². The molecule has 5 rings (SSSR count). The molecule has 3 nitrogen and oxygen atoms in total. The molecule has 0 saturated heterocycles. The molecule has 0 radical (unpaired) electrons. The lowest BCUT2D eigenvalue weighted by Crippen LogP contribution is -2.62. The number of hydrogen-bond donors (Lipinski definition) is 0. The van der Waals surface area contributed by atoms with E-state index in [2.05, 4.69) is 46.8 Å². The molecule has 0 heterocycles. The molecule has 0 N–H and O–H groups in total. The van der Waals surface area contributed by atoms with Crippen LogP contribution in [0.3, 0.4) is 0 Å². The first-order valence-corrected chi connectivity index (χ1v) is 12.7. The van der Waals surface area contributed by atoms with E-state index in [4.69, 9.17) is 9.47 Å². The molecule has 172 valence electrons. The summed E-state index contributed by atoms with van der Waals surface area (Å²) >= 11 is 0. The van der Waals surface area contributed by atoms with E-state index in [1.807, 2.05) is 12.1 Å². The number of carbonyl (C=O) groups is 1. The van der Waals surface area contributed by atoms with Gasteiger partial charge in [0.1, 0.15) is 11.4 Å². The minimum Gasteiger partial charge on any atom is -0.482 e. The van der Waals surface area contributed by atoms with Gasteiger partial charge in [-0.3, -0.25) is 0 Å². The Labute approximate surface area is 189 Å². The highest BCUT2D eigenvalue weighted by Gasteiger charge is 2.62. The highest BCUT2D eigenvalue weighted by molar-refractivity contribution is 5.71. The monoisotopic (exact) mass is 426 g/mol. The molecule has 4 aliphatic rings. The van der Waals surface area contributed by atoms with Crippen molar-refractivity contribution in [2.24, 2.45) is 29.1 Å². The Balaban J connectivity index is 1.42. The number of rotatable bonds is 9. The molecule has 4 bridgehead atoms. The number of benzene rings is 1. The van der Waals surface area contributed by atoms with Crippen molar-refractivity contribution in [2.75, 3.05) is 6.61 Å². The van der Waals surface area contributed by atoms with Crippen LogP contribution in [0.15, 0.2) is 24.3 Å². The van der Waals surface area contributed by atoms with Crippen molar-refractivity contribution in [1.29, 1.82) is 0 Å². The minimum absolute atomic E-state index is 0.00619. The molecular weight excluding hydrogens is 384 g/mol. The first kappa shape index (κ1) is 22.7. The summed E-state index contributed by atoms with van der Waals surface area (Å²) in [6, 6.07) is 8.18. The van der Waals surface area contributed by atoms with E-state index in [1.165, 1.54) is 37.7 Å². The molecule has 0 spiro atoms. The van der Waals surface area contributed by atoms with Crippen molar-refractivity contribution < 1.29 is 14.3 Å². The quantitative estimate of drug-likeness (QED) is 0.394. The summed E-state index contributed by atoms with van der Waals surface area (Å²) < 4.78 is 12.3. The summed E-state index contributed by atoms with van der Waals surface area (Å²) in [6.07, 6.45) is 9.58. The van der Waals surface area contributed by atoms with Gasteiger partial charge in [-0.1, -0.05) is 46.8 Å². The van der Waals surface area contributed by atoms with Crippen LogP contribution in [0.2, 0.25) is 0 Å². The highest BCUT2D eigenvalue weighted by Crippen LogP contribution is 2.65. The average molecular weight is 427 g/mol. The molecule has 0 aromatic heterocycles. The number of hydrogen-bond acceptors (Lipinski definition) is 3. The predicted molar refractivity (Wildman–Crippen MR) is 125 cm³/mol. The maximum absolute atomic E-state index is 13.0. The van der Waals surface area contributed by atoms with Gasteiger partial charge in [-0.05, 0) is 104 Å². The third-order valence-corrected chi connectivity index (χ3v) is 8.71. The molecule has 0 amide bonds. The van der Waals surface area contributed by atoms with Gasteiger partial charge >= 0.3 is 5.97 Å². The average Bonchev–Trinajstić information content (AvgIpc) is 2.72. The van der Waals surface area contributed by atoms with Gasteiger partial charge in [0.25, 0.3) is 0 Å². The van der Waals surface area contributed by atoms with Gasteiger partial charge in [0, 0.05) is 0 Å². The fraction of sp³-hybridized carbons (Fsp3) is 0.750. The summed E-state index contributed by atoms with van der Waals surface area (Å²) in [5, 5.41) is 0. The van der Waals surface area contributed by atoms with Crippen LogP contribution >= 0.6 is 0 Å². The second-order valence-electron chi connectivity index (χ2n) is 11.7. The lowest BCUT2D eigenvalue weighted by molar-refractivity contribution is -0.227. The maximum atomic E-state index is 13.0. The van der Waals surface area contributed by atoms with Crippen molar-refractivity contribution >= 4 is 5.97 Å². The molecule has 4 saturated carbocycles. The smallest absolute Gasteiger partial charge is 0.344 e. The summed E-state index contributed by atoms with van der Waals surface area (Å²) in [5.41, 5.74) is 1.52. The van der Waals surface area contributed by atoms with Crippen molar-refractivity contribution in [1.82, 2.24) is 0 Å². The second-order valence-corrected chi connectivity index (χ2v) is 11.7. The van der Waals surface area contributed by atoms with Gasteiger partial charge in [0.2, 0.25) is 0 Å². The number of carbonyl (C=O) groups excluding carboxylic acids is 1. The third-order valence-electron chi connectivity index (χ3n) is 8.71. The van der Waals surface area contributed by atoms with E-state index in [0.29, 0.717) is 29.1 Å². The Morgan fingerprint density at radius 2 is 1.71 bits per heavy atom. The van der Waals surface area contributed by atoms with Gasteiger partial charge in [-0.25, -0.2) is 4.79 Å². The molecule has 1 aromatic carbocycles. The van der Waals surface area contributed by atoms with Crippen molar-refractivity contribution in [2.45, 2.75) is 97.5 Å². The molecule has 3 unspecified atom stereocenters. The van der Waals surface area contributed by atoms with Gasteiger partial charge in [-0.15, -0.1) is 0 Å². The molecule has 1 aromatic rings. The van der Waals surface area contributed by atoms with Gasteiger partial charge in [0.15, 0.2) is 6.61 Å². The summed E-state index contributed by atoms with van der Waals surface area (Å²) in [4.78, 5) is 13.0. The predicted octanol–water partition coefficient (Wildman–Crippen LogP) is 7.14. The fourth-order valence-corrected chi connectivity index (χ4v) is 7.10. The Hall–Kier alpha value is -1.51. The normalized spacial score (nSPS) is 34.7. The molecule has 3 atom stereocenters. The molecule has 31 heavy (non-hydrogen) atoms. The fourth-order valence-electron chi connectivity index (χ4n) is 7.10. The van der Waals surface area contributed by atoms with E-state index in [0.717, 1.165) is 30.9 Å². The summed E-state index contributed by atoms with van der Waals surface area (Å²) in [5.74, 6) is 3.63. The molecular formula is C28H42O3. The Kier molecular flexibility index (Phi) is 6.43. The van der Waals surface area contributed by atoms with Crippen LogP contribution in [0.1, 0.15) is 97.5 Å². The zero-order chi connectivity index (χ0) is 22.2. The summed E-state index contributed by atoms with van der Waals surface area (Å²) in [6.45, 7) is 11.5. The van der Waals surface area contributed by atoms with Crippen LogP contribution in [0, 0.1) is 29.1 Å². The molecule has 4 fully saturated rings. The van der Waals surface area contributed by atoms with Crippen LogP contribution in [-0.2, 0) is 9.53 Å². The van der Waals surface area contributed by atoms with E-state index >= 15 is 0 Å². The second kappa shape index (κ2) is 8.79. The standard InChI is InChI=1S/C28H42O3/c1-6-20(4)22-7-9-25(10-8-22)30-18-26(29)31-28(12-11-19(2)3)23-13-21-14-24(28)17-27(5,15-21)16-23/h7-10,19-21,23-24H,6,11-18H2,1-5H3. The van der Waals surface area contributed by atoms with Crippen molar-refractivity contribution in [3.63, 3.8) is 0 Å². The maximum Gasteiger partial charge on any atom is 0.344 e. The zero-order valence-corrected chi connectivity index (χ0v) is 20.3.